The van der Waals surface area contributed by atoms with Crippen LogP contribution in [0.2, 0.25) is 0 Å². The van der Waals surface area contributed by atoms with Gasteiger partial charge in [0.05, 0.1) is 5.52 Å². The lowest BCUT2D eigenvalue weighted by atomic mass is 9.97. The number of fused-ring (bicyclic) bond motifs is 1. The van der Waals surface area contributed by atoms with Gasteiger partial charge in [0.1, 0.15) is 5.75 Å². The number of hydrogen-bond donors (Lipinski definition) is 0. The minimum Gasteiger partial charge on any atom is -0.406 e. The molecule has 0 radical (unpaired) electrons. The predicted octanol–water partition coefficient (Wildman–Crippen LogP) is 7.88. The van der Waals surface area contributed by atoms with E-state index in [-0.39, 0.29) is 5.75 Å². The molecule has 0 aliphatic carbocycles. The molecular weight excluding hydrogens is 419 g/mol. The van der Waals surface area contributed by atoms with Gasteiger partial charge in [0.2, 0.25) is 0 Å². The van der Waals surface area contributed by atoms with Gasteiger partial charge in [-0.2, -0.15) is 0 Å². The maximum atomic E-state index is 12.3. The molecule has 4 rings (SSSR count). The van der Waals surface area contributed by atoms with Crippen LogP contribution in [0.4, 0.5) is 13.2 Å². The molecule has 0 saturated carbocycles. The Morgan fingerprint density at radius 2 is 1.39 bits per heavy atom. The smallest absolute Gasteiger partial charge is 0.406 e. The van der Waals surface area contributed by atoms with Crippen molar-refractivity contribution in [3.8, 4) is 16.9 Å². The molecule has 0 atom stereocenters. The van der Waals surface area contributed by atoms with Crippen LogP contribution in [-0.4, -0.2) is 11.3 Å². The molecule has 0 amide bonds. The first kappa shape index (κ1) is 21.2. The molecule has 0 N–H and O–H groups in total. The topological polar surface area (TPSA) is 22.1 Å². The highest BCUT2D eigenvalue weighted by Crippen LogP contribution is 2.33. The fourth-order valence-corrected chi connectivity index (χ4v) is 4.20. The van der Waals surface area contributed by atoms with Gasteiger partial charge in [-0.25, -0.2) is 0 Å². The molecule has 158 valence electrons. The quantitative estimate of drug-likeness (QED) is 0.323. The van der Waals surface area contributed by atoms with Crippen LogP contribution in [0.25, 0.3) is 22.0 Å². The van der Waals surface area contributed by atoms with Gasteiger partial charge < -0.3 is 4.74 Å². The maximum absolute atomic E-state index is 12.3. The van der Waals surface area contributed by atoms with Gasteiger partial charge in [0.15, 0.2) is 0 Å². The third kappa shape index (κ3) is 5.02. The number of aryl methyl sites for hydroxylation is 3. The van der Waals surface area contributed by atoms with Gasteiger partial charge >= 0.3 is 6.36 Å². The Bertz CT molecular complexity index is 1230. The number of halogens is 3. The molecule has 0 saturated heterocycles. The molecule has 4 aromatic rings. The van der Waals surface area contributed by atoms with E-state index in [0.717, 1.165) is 43.1 Å². The molecule has 0 fully saturated rings. The van der Waals surface area contributed by atoms with E-state index in [1.54, 1.807) is 12.1 Å². The van der Waals surface area contributed by atoms with Gasteiger partial charge in [-0.1, -0.05) is 23.9 Å². The van der Waals surface area contributed by atoms with E-state index in [1.165, 1.54) is 29.5 Å². The van der Waals surface area contributed by atoms with Gasteiger partial charge in [0, 0.05) is 20.9 Å². The number of aromatic nitrogens is 1. The molecule has 0 aliphatic heterocycles. The third-order valence-electron chi connectivity index (χ3n) is 5.06. The lowest BCUT2D eigenvalue weighted by Crippen LogP contribution is -2.16. The number of benzene rings is 3. The van der Waals surface area contributed by atoms with E-state index in [2.05, 4.69) is 53.9 Å². The second-order valence-corrected chi connectivity index (χ2v) is 8.54. The lowest BCUT2D eigenvalue weighted by Gasteiger charge is -2.11. The van der Waals surface area contributed by atoms with Crippen molar-refractivity contribution < 1.29 is 17.9 Å². The van der Waals surface area contributed by atoms with Gasteiger partial charge in [0.25, 0.3) is 0 Å². The van der Waals surface area contributed by atoms with Crippen molar-refractivity contribution in [1.82, 2.24) is 4.98 Å². The Balaban J connectivity index is 1.54. The standard InChI is InChI=1S/C25H20F3NOS/c1-15-12-19-14-23(16(2)13-24(19)29-17(15)3)18-4-8-21(9-5-18)31-22-10-6-20(7-11-22)30-25(26,27)28/h4-14H,1-3H3. The van der Waals surface area contributed by atoms with Gasteiger partial charge in [-0.3, -0.25) is 4.98 Å². The largest absolute Gasteiger partial charge is 0.573 e. The van der Waals surface area contributed by atoms with Crippen LogP contribution in [0.3, 0.4) is 0 Å². The number of rotatable bonds is 4. The van der Waals surface area contributed by atoms with Crippen LogP contribution >= 0.6 is 11.8 Å². The molecule has 1 heterocycles. The minimum absolute atomic E-state index is 0.223. The Morgan fingerprint density at radius 3 is 2.00 bits per heavy atom. The van der Waals surface area contributed by atoms with Gasteiger partial charge in [-0.15, -0.1) is 13.2 Å². The highest BCUT2D eigenvalue weighted by Gasteiger charge is 2.30. The highest BCUT2D eigenvalue weighted by atomic mass is 32.2. The Labute approximate surface area is 183 Å². The molecular formula is C25H20F3NOS. The van der Waals surface area contributed by atoms with Crippen LogP contribution in [0.5, 0.6) is 5.75 Å². The molecule has 0 spiro atoms. The number of ether oxygens (including phenoxy) is 1. The monoisotopic (exact) mass is 439 g/mol. The summed E-state index contributed by atoms with van der Waals surface area (Å²) in [6.45, 7) is 6.17. The highest BCUT2D eigenvalue weighted by molar-refractivity contribution is 7.99. The summed E-state index contributed by atoms with van der Waals surface area (Å²) in [6, 6.07) is 20.5. The van der Waals surface area contributed by atoms with Crippen molar-refractivity contribution in [2.75, 3.05) is 0 Å². The van der Waals surface area contributed by atoms with Crippen LogP contribution in [-0.2, 0) is 0 Å². The zero-order chi connectivity index (χ0) is 22.2. The molecule has 6 heteroatoms. The van der Waals surface area contributed by atoms with Crippen molar-refractivity contribution >= 4 is 22.7 Å². The van der Waals surface area contributed by atoms with Crippen LogP contribution in [0.15, 0.2) is 76.5 Å². The Morgan fingerprint density at radius 1 is 0.774 bits per heavy atom. The van der Waals surface area contributed by atoms with Crippen LogP contribution < -0.4 is 4.74 Å². The summed E-state index contributed by atoms with van der Waals surface area (Å²) in [6.07, 6.45) is -4.68. The average Bonchev–Trinajstić information content (AvgIpc) is 2.70. The molecule has 0 bridgehead atoms. The first-order valence-electron chi connectivity index (χ1n) is 9.71. The molecule has 31 heavy (non-hydrogen) atoms. The van der Waals surface area contributed by atoms with E-state index in [4.69, 9.17) is 0 Å². The third-order valence-corrected chi connectivity index (χ3v) is 6.08. The van der Waals surface area contributed by atoms with E-state index >= 15 is 0 Å². The zero-order valence-corrected chi connectivity index (χ0v) is 18.1. The van der Waals surface area contributed by atoms with E-state index < -0.39 is 6.36 Å². The predicted molar refractivity (Wildman–Crippen MR) is 119 cm³/mol. The Kier molecular flexibility index (Phi) is 5.67. The number of alkyl halides is 3. The van der Waals surface area contributed by atoms with Crippen molar-refractivity contribution in [1.29, 1.82) is 0 Å². The number of nitrogens with zero attached hydrogens (tertiary/aromatic N) is 1. The fraction of sp³-hybridized carbons (Fsp3) is 0.160. The Hall–Kier alpha value is -2.99. The molecule has 0 aliphatic rings. The van der Waals surface area contributed by atoms with Crippen molar-refractivity contribution in [3.63, 3.8) is 0 Å². The second kappa shape index (κ2) is 8.27. The maximum Gasteiger partial charge on any atom is 0.573 e. The fourth-order valence-electron chi connectivity index (χ4n) is 3.39. The molecule has 0 unspecified atom stereocenters. The lowest BCUT2D eigenvalue weighted by molar-refractivity contribution is -0.274. The van der Waals surface area contributed by atoms with Crippen molar-refractivity contribution in [2.45, 2.75) is 36.9 Å². The molecule has 2 nitrogen and oxygen atoms in total. The summed E-state index contributed by atoms with van der Waals surface area (Å²) < 4.78 is 40.8. The normalized spacial score (nSPS) is 11.7. The average molecular weight is 440 g/mol. The summed E-state index contributed by atoms with van der Waals surface area (Å²) in [7, 11) is 0. The summed E-state index contributed by atoms with van der Waals surface area (Å²) >= 11 is 1.48. The zero-order valence-electron chi connectivity index (χ0n) is 17.2. The van der Waals surface area contributed by atoms with Crippen molar-refractivity contribution in [3.05, 3.63) is 83.6 Å². The van der Waals surface area contributed by atoms with Crippen LogP contribution in [0, 0.1) is 20.8 Å². The van der Waals surface area contributed by atoms with Gasteiger partial charge in [-0.05, 0) is 97.6 Å². The van der Waals surface area contributed by atoms with E-state index in [9.17, 15) is 13.2 Å². The summed E-state index contributed by atoms with van der Waals surface area (Å²) in [5.74, 6) is -0.223. The first-order valence-corrected chi connectivity index (χ1v) is 10.5. The summed E-state index contributed by atoms with van der Waals surface area (Å²) in [5, 5.41) is 1.11. The summed E-state index contributed by atoms with van der Waals surface area (Å²) in [5.41, 5.74) is 6.62. The van der Waals surface area contributed by atoms with E-state index in [0.29, 0.717) is 0 Å². The number of pyridine rings is 1. The molecule has 1 aromatic heterocycles. The van der Waals surface area contributed by atoms with Crippen molar-refractivity contribution in [2.24, 2.45) is 0 Å². The van der Waals surface area contributed by atoms with Crippen LogP contribution in [0.1, 0.15) is 16.8 Å². The number of hydrogen-bond acceptors (Lipinski definition) is 3. The second-order valence-electron chi connectivity index (χ2n) is 7.40. The van der Waals surface area contributed by atoms with E-state index in [1.807, 2.05) is 19.1 Å². The molecule has 3 aromatic carbocycles. The summed E-state index contributed by atoms with van der Waals surface area (Å²) in [4.78, 5) is 6.52. The first-order chi connectivity index (χ1) is 14.7. The minimum atomic E-state index is -4.68. The SMILES string of the molecule is Cc1cc2nc(C)c(C)cc2cc1-c1ccc(Sc2ccc(OC(F)(F)F)cc2)cc1.